The summed E-state index contributed by atoms with van der Waals surface area (Å²) in [6, 6.07) is 0. The Labute approximate surface area is 70.3 Å². The second-order valence-corrected chi connectivity index (χ2v) is 2.55. The lowest BCUT2D eigenvalue weighted by molar-refractivity contribution is 0.859. The molecule has 0 nitrogen and oxygen atoms in total. The van der Waals surface area contributed by atoms with E-state index in [9.17, 15) is 0 Å². The summed E-state index contributed by atoms with van der Waals surface area (Å²) in [4.78, 5) is 0. The minimum absolute atomic E-state index is 1.16. The molecule has 0 bridgehead atoms. The highest BCUT2D eigenvalue weighted by molar-refractivity contribution is 5.15. The van der Waals surface area contributed by atoms with Crippen molar-refractivity contribution in [2.75, 3.05) is 0 Å². The average molecular weight is 150 g/mol. The van der Waals surface area contributed by atoms with Gasteiger partial charge in [0.1, 0.15) is 0 Å². The number of hydrogen-bond donors (Lipinski definition) is 0. The SMILES string of the molecule is C=C/C=C\C=C(/CC)CCC. The van der Waals surface area contributed by atoms with Gasteiger partial charge in [-0.3, -0.25) is 0 Å². The highest BCUT2D eigenvalue weighted by Crippen LogP contribution is 2.08. The zero-order chi connectivity index (χ0) is 8.53. The molecule has 0 heteroatoms. The highest BCUT2D eigenvalue weighted by Gasteiger charge is 1.88. The van der Waals surface area contributed by atoms with Gasteiger partial charge < -0.3 is 0 Å². The summed E-state index contributed by atoms with van der Waals surface area (Å²) < 4.78 is 0. The molecule has 0 aromatic carbocycles. The molecule has 0 saturated heterocycles. The molecule has 0 aliphatic carbocycles. The second-order valence-electron chi connectivity index (χ2n) is 2.55. The van der Waals surface area contributed by atoms with Crippen LogP contribution in [-0.2, 0) is 0 Å². The first-order valence-electron chi connectivity index (χ1n) is 4.32. The van der Waals surface area contributed by atoms with Gasteiger partial charge in [0.2, 0.25) is 0 Å². The van der Waals surface area contributed by atoms with Crippen molar-refractivity contribution in [1.82, 2.24) is 0 Å². The van der Waals surface area contributed by atoms with E-state index in [1.54, 1.807) is 6.08 Å². The van der Waals surface area contributed by atoms with Crippen molar-refractivity contribution < 1.29 is 0 Å². The van der Waals surface area contributed by atoms with Crippen LogP contribution in [-0.4, -0.2) is 0 Å². The highest BCUT2D eigenvalue weighted by atomic mass is 13.9. The van der Waals surface area contributed by atoms with Gasteiger partial charge in [0, 0.05) is 0 Å². The molecule has 62 valence electrons. The van der Waals surface area contributed by atoms with E-state index in [-0.39, 0.29) is 0 Å². The van der Waals surface area contributed by atoms with Gasteiger partial charge >= 0.3 is 0 Å². The Balaban J connectivity index is 3.88. The van der Waals surface area contributed by atoms with E-state index in [0.717, 1.165) is 6.42 Å². The zero-order valence-corrected chi connectivity index (χ0v) is 7.64. The van der Waals surface area contributed by atoms with Gasteiger partial charge in [-0.05, 0) is 12.8 Å². The van der Waals surface area contributed by atoms with Crippen LogP contribution in [0.1, 0.15) is 33.1 Å². The van der Waals surface area contributed by atoms with Crippen LogP contribution in [0.4, 0.5) is 0 Å². The molecule has 0 rings (SSSR count). The molecule has 0 aromatic heterocycles. The fourth-order valence-corrected chi connectivity index (χ4v) is 0.969. The van der Waals surface area contributed by atoms with E-state index < -0.39 is 0 Å². The molecule has 0 aliphatic heterocycles. The van der Waals surface area contributed by atoms with Crippen LogP contribution in [0, 0.1) is 0 Å². The first-order valence-corrected chi connectivity index (χ1v) is 4.32. The summed E-state index contributed by atoms with van der Waals surface area (Å²) in [5.41, 5.74) is 1.52. The normalized spacial score (nSPS) is 12.4. The van der Waals surface area contributed by atoms with Gasteiger partial charge in [0.05, 0.1) is 0 Å². The molecule has 0 radical (unpaired) electrons. The van der Waals surface area contributed by atoms with Gasteiger partial charge in [0.15, 0.2) is 0 Å². The minimum atomic E-state index is 1.16. The third kappa shape index (κ3) is 5.65. The Morgan fingerprint density at radius 2 is 2.00 bits per heavy atom. The Kier molecular flexibility index (Phi) is 6.81. The first kappa shape index (κ1) is 10.2. The van der Waals surface area contributed by atoms with Gasteiger partial charge in [0.25, 0.3) is 0 Å². The molecule has 0 unspecified atom stereocenters. The van der Waals surface area contributed by atoms with Crippen LogP contribution in [0.2, 0.25) is 0 Å². The zero-order valence-electron chi connectivity index (χ0n) is 7.64. The number of hydrogen-bond acceptors (Lipinski definition) is 0. The Morgan fingerprint density at radius 3 is 2.45 bits per heavy atom. The van der Waals surface area contributed by atoms with Gasteiger partial charge in [-0.25, -0.2) is 0 Å². The summed E-state index contributed by atoms with van der Waals surface area (Å²) in [5, 5.41) is 0. The molecule has 0 fully saturated rings. The first-order chi connectivity index (χ1) is 5.35. The van der Waals surface area contributed by atoms with Gasteiger partial charge in [-0.2, -0.15) is 0 Å². The fourth-order valence-electron chi connectivity index (χ4n) is 0.969. The maximum absolute atomic E-state index is 3.61. The molecule has 0 aromatic rings. The summed E-state index contributed by atoms with van der Waals surface area (Å²) >= 11 is 0. The van der Waals surface area contributed by atoms with Crippen LogP contribution in [0.25, 0.3) is 0 Å². The number of allylic oxidation sites excluding steroid dienone is 5. The van der Waals surface area contributed by atoms with Crippen molar-refractivity contribution in [1.29, 1.82) is 0 Å². The molecule has 0 spiro atoms. The minimum Gasteiger partial charge on any atom is -0.0991 e. The molecule has 0 aliphatic rings. The van der Waals surface area contributed by atoms with Crippen molar-refractivity contribution in [3.05, 3.63) is 36.5 Å². The predicted octanol–water partition coefficient (Wildman–Crippen LogP) is 3.87. The Morgan fingerprint density at radius 1 is 1.27 bits per heavy atom. The molecular formula is C11H18. The van der Waals surface area contributed by atoms with E-state index in [0.29, 0.717) is 0 Å². The van der Waals surface area contributed by atoms with Crippen molar-refractivity contribution in [2.24, 2.45) is 0 Å². The molecule has 0 N–H and O–H groups in total. The fraction of sp³-hybridized carbons (Fsp3) is 0.455. The van der Waals surface area contributed by atoms with Crippen LogP contribution in [0.3, 0.4) is 0 Å². The maximum atomic E-state index is 3.61. The maximum Gasteiger partial charge on any atom is -0.0320 e. The van der Waals surface area contributed by atoms with Crippen LogP contribution in [0.15, 0.2) is 36.5 Å². The smallest absolute Gasteiger partial charge is 0.0320 e. The van der Waals surface area contributed by atoms with Crippen LogP contribution < -0.4 is 0 Å². The standard InChI is InChI=1S/C11H18/c1-4-7-8-10-11(6-3)9-5-2/h4,7-8,10H,1,5-6,9H2,2-3H3/b8-7-,11-10+. The summed E-state index contributed by atoms with van der Waals surface area (Å²) in [7, 11) is 0. The number of rotatable bonds is 5. The lowest BCUT2D eigenvalue weighted by Gasteiger charge is -1.98. The monoisotopic (exact) mass is 150 g/mol. The molecule has 11 heavy (non-hydrogen) atoms. The lowest BCUT2D eigenvalue weighted by atomic mass is 10.1. The topological polar surface area (TPSA) is 0 Å². The third-order valence-electron chi connectivity index (χ3n) is 1.60. The molecule has 0 atom stereocenters. The summed E-state index contributed by atoms with van der Waals surface area (Å²) in [6.07, 6.45) is 11.6. The van der Waals surface area contributed by atoms with Crippen LogP contribution >= 0.6 is 0 Å². The van der Waals surface area contributed by atoms with E-state index in [2.05, 4.69) is 32.6 Å². The summed E-state index contributed by atoms with van der Waals surface area (Å²) in [5.74, 6) is 0. The second kappa shape index (κ2) is 7.33. The van der Waals surface area contributed by atoms with Crippen molar-refractivity contribution in [3.8, 4) is 0 Å². The van der Waals surface area contributed by atoms with E-state index in [4.69, 9.17) is 0 Å². The van der Waals surface area contributed by atoms with Crippen molar-refractivity contribution in [3.63, 3.8) is 0 Å². The molecule has 0 heterocycles. The quantitative estimate of drug-likeness (QED) is 0.522. The lowest BCUT2D eigenvalue weighted by Crippen LogP contribution is -1.78. The van der Waals surface area contributed by atoms with Gasteiger partial charge in [-0.15, -0.1) is 0 Å². The Hall–Kier alpha value is -0.780. The van der Waals surface area contributed by atoms with Crippen LogP contribution in [0.5, 0.6) is 0 Å². The predicted molar refractivity (Wildman–Crippen MR) is 52.6 cm³/mol. The largest absolute Gasteiger partial charge is 0.0991 e. The van der Waals surface area contributed by atoms with Gasteiger partial charge in [-0.1, -0.05) is 56.7 Å². The molecule has 0 amide bonds. The van der Waals surface area contributed by atoms with E-state index >= 15 is 0 Å². The molecular weight excluding hydrogens is 132 g/mol. The average Bonchev–Trinajstić information content (AvgIpc) is 2.03. The summed E-state index contributed by atoms with van der Waals surface area (Å²) in [6.45, 7) is 8.02. The third-order valence-corrected chi connectivity index (χ3v) is 1.60. The van der Waals surface area contributed by atoms with Crippen molar-refractivity contribution in [2.45, 2.75) is 33.1 Å². The van der Waals surface area contributed by atoms with Crippen molar-refractivity contribution >= 4 is 0 Å². The molecule has 0 saturated carbocycles. The van der Waals surface area contributed by atoms with E-state index in [1.807, 2.05) is 6.08 Å². The van der Waals surface area contributed by atoms with E-state index in [1.165, 1.54) is 18.4 Å². The Bertz CT molecular complexity index is 149.